The van der Waals surface area contributed by atoms with Gasteiger partial charge in [-0.15, -0.1) is 0 Å². The summed E-state index contributed by atoms with van der Waals surface area (Å²) in [4.78, 5) is 5.95. The first-order chi connectivity index (χ1) is 6.59. The molecule has 0 aliphatic heterocycles. The van der Waals surface area contributed by atoms with Crippen LogP contribution in [-0.2, 0) is 6.54 Å². The van der Waals surface area contributed by atoms with Gasteiger partial charge in [-0.2, -0.15) is 5.10 Å². The molecule has 0 bridgehead atoms. The molecule has 0 atom stereocenters. The standard InChI is InChI=1S/C8H14BrN5/c1-13(2)8(10)11-3-4-14-6-7(9)5-12-14/h5-6H,3-4H2,1-2H3,(H2,10,11). The number of rotatable bonds is 3. The normalized spacial score (nSPS) is 11.8. The fourth-order valence-electron chi connectivity index (χ4n) is 0.869. The van der Waals surface area contributed by atoms with E-state index in [0.29, 0.717) is 12.5 Å². The van der Waals surface area contributed by atoms with Crippen LogP contribution in [0.1, 0.15) is 0 Å². The minimum atomic E-state index is 0.538. The van der Waals surface area contributed by atoms with Crippen LogP contribution in [0.4, 0.5) is 0 Å². The summed E-state index contributed by atoms with van der Waals surface area (Å²) < 4.78 is 2.79. The molecule has 0 amide bonds. The van der Waals surface area contributed by atoms with Crippen molar-refractivity contribution in [1.82, 2.24) is 14.7 Å². The third-order valence-electron chi connectivity index (χ3n) is 1.66. The number of halogens is 1. The second-order valence-corrected chi connectivity index (χ2v) is 3.97. The maximum absolute atomic E-state index is 5.62. The average Bonchev–Trinajstić information content (AvgIpc) is 2.51. The summed E-state index contributed by atoms with van der Waals surface area (Å²) >= 11 is 3.32. The summed E-state index contributed by atoms with van der Waals surface area (Å²) in [6.45, 7) is 1.37. The quantitative estimate of drug-likeness (QED) is 0.636. The fourth-order valence-corrected chi connectivity index (χ4v) is 1.20. The van der Waals surface area contributed by atoms with E-state index in [1.165, 1.54) is 0 Å². The predicted octanol–water partition coefficient (Wildman–Crippen LogP) is 0.522. The van der Waals surface area contributed by atoms with Crippen LogP contribution in [-0.4, -0.2) is 41.3 Å². The van der Waals surface area contributed by atoms with Crippen LogP contribution < -0.4 is 5.73 Å². The van der Waals surface area contributed by atoms with Gasteiger partial charge in [0.1, 0.15) is 0 Å². The number of aliphatic imine (C=N–C) groups is 1. The molecule has 0 aliphatic carbocycles. The minimum Gasteiger partial charge on any atom is -0.370 e. The van der Waals surface area contributed by atoms with Crippen molar-refractivity contribution in [3.63, 3.8) is 0 Å². The zero-order valence-corrected chi connectivity index (χ0v) is 9.90. The summed E-state index contributed by atoms with van der Waals surface area (Å²) in [7, 11) is 3.73. The Morgan fingerprint density at radius 1 is 1.71 bits per heavy atom. The molecule has 1 aromatic rings. The van der Waals surface area contributed by atoms with Gasteiger partial charge in [0.05, 0.1) is 23.8 Å². The molecule has 1 rings (SSSR count). The van der Waals surface area contributed by atoms with Crippen LogP contribution in [0.25, 0.3) is 0 Å². The van der Waals surface area contributed by atoms with Gasteiger partial charge in [-0.3, -0.25) is 9.67 Å². The molecule has 0 unspecified atom stereocenters. The van der Waals surface area contributed by atoms with E-state index in [2.05, 4.69) is 26.0 Å². The lowest BCUT2D eigenvalue weighted by atomic mass is 10.6. The molecular weight excluding hydrogens is 246 g/mol. The van der Waals surface area contributed by atoms with Gasteiger partial charge in [-0.25, -0.2) is 0 Å². The lowest BCUT2D eigenvalue weighted by Gasteiger charge is -2.10. The van der Waals surface area contributed by atoms with E-state index in [4.69, 9.17) is 5.73 Å². The zero-order chi connectivity index (χ0) is 10.6. The van der Waals surface area contributed by atoms with Crippen molar-refractivity contribution in [3.05, 3.63) is 16.9 Å². The molecule has 1 heterocycles. The van der Waals surface area contributed by atoms with Crippen molar-refractivity contribution < 1.29 is 0 Å². The third-order valence-corrected chi connectivity index (χ3v) is 2.07. The highest BCUT2D eigenvalue weighted by molar-refractivity contribution is 9.10. The van der Waals surface area contributed by atoms with Crippen molar-refractivity contribution in [2.75, 3.05) is 20.6 Å². The maximum atomic E-state index is 5.62. The van der Waals surface area contributed by atoms with E-state index in [9.17, 15) is 0 Å². The smallest absolute Gasteiger partial charge is 0.190 e. The van der Waals surface area contributed by atoms with Gasteiger partial charge in [0.2, 0.25) is 0 Å². The van der Waals surface area contributed by atoms with Crippen molar-refractivity contribution in [2.45, 2.75) is 6.54 Å². The van der Waals surface area contributed by atoms with E-state index >= 15 is 0 Å². The average molecular weight is 260 g/mol. The van der Waals surface area contributed by atoms with Gasteiger partial charge in [0.25, 0.3) is 0 Å². The molecule has 1 aromatic heterocycles. The van der Waals surface area contributed by atoms with E-state index < -0.39 is 0 Å². The van der Waals surface area contributed by atoms with Crippen molar-refractivity contribution in [2.24, 2.45) is 10.7 Å². The van der Waals surface area contributed by atoms with Crippen molar-refractivity contribution in [1.29, 1.82) is 0 Å². The lowest BCUT2D eigenvalue weighted by molar-refractivity contribution is 0.590. The van der Waals surface area contributed by atoms with Crippen LogP contribution in [0.2, 0.25) is 0 Å². The number of nitrogens with zero attached hydrogens (tertiary/aromatic N) is 4. The van der Waals surface area contributed by atoms with Gasteiger partial charge >= 0.3 is 0 Å². The fraction of sp³-hybridized carbons (Fsp3) is 0.500. The number of guanidine groups is 1. The van der Waals surface area contributed by atoms with Crippen LogP contribution in [0.3, 0.4) is 0 Å². The Kier molecular flexibility index (Phi) is 3.94. The first kappa shape index (κ1) is 11.0. The van der Waals surface area contributed by atoms with Crippen LogP contribution in [0.15, 0.2) is 21.9 Å². The molecule has 0 saturated carbocycles. The van der Waals surface area contributed by atoms with E-state index in [-0.39, 0.29) is 0 Å². The predicted molar refractivity (Wildman–Crippen MR) is 60.1 cm³/mol. The van der Waals surface area contributed by atoms with Crippen LogP contribution >= 0.6 is 15.9 Å². The molecule has 6 heteroatoms. The third kappa shape index (κ3) is 3.37. The molecule has 0 spiro atoms. The Bertz CT molecular complexity index is 317. The molecule has 0 saturated heterocycles. The highest BCUT2D eigenvalue weighted by atomic mass is 79.9. The van der Waals surface area contributed by atoms with Gasteiger partial charge in [0, 0.05) is 20.3 Å². The molecule has 5 nitrogen and oxygen atoms in total. The lowest BCUT2D eigenvalue weighted by Crippen LogP contribution is -2.30. The molecule has 0 radical (unpaired) electrons. The topological polar surface area (TPSA) is 59.4 Å². The molecule has 0 fully saturated rings. The Hall–Kier alpha value is -1.04. The molecule has 0 aromatic carbocycles. The Labute approximate surface area is 91.7 Å². The van der Waals surface area contributed by atoms with Crippen LogP contribution in [0, 0.1) is 0 Å². The van der Waals surface area contributed by atoms with Gasteiger partial charge < -0.3 is 10.6 Å². The van der Waals surface area contributed by atoms with Gasteiger partial charge in [-0.05, 0) is 15.9 Å². The largest absolute Gasteiger partial charge is 0.370 e. The summed E-state index contributed by atoms with van der Waals surface area (Å²) in [6.07, 6.45) is 3.65. The Morgan fingerprint density at radius 3 is 2.93 bits per heavy atom. The SMILES string of the molecule is CN(C)C(N)=NCCn1cc(Br)cn1. The second-order valence-electron chi connectivity index (χ2n) is 3.06. The summed E-state index contributed by atoms with van der Waals surface area (Å²) in [5, 5.41) is 4.10. The number of aromatic nitrogens is 2. The summed E-state index contributed by atoms with van der Waals surface area (Å²) in [6, 6.07) is 0. The Morgan fingerprint density at radius 2 is 2.43 bits per heavy atom. The van der Waals surface area contributed by atoms with E-state index in [1.54, 1.807) is 11.1 Å². The summed E-state index contributed by atoms with van der Waals surface area (Å²) in [5.74, 6) is 0.538. The van der Waals surface area contributed by atoms with Crippen molar-refractivity contribution >= 4 is 21.9 Å². The molecule has 0 aliphatic rings. The first-order valence-electron chi connectivity index (χ1n) is 4.25. The number of nitrogens with two attached hydrogens (primary N) is 1. The van der Waals surface area contributed by atoms with E-state index in [1.807, 2.05) is 25.0 Å². The summed E-state index contributed by atoms with van der Waals surface area (Å²) in [5.41, 5.74) is 5.62. The monoisotopic (exact) mass is 259 g/mol. The number of hydrogen-bond acceptors (Lipinski definition) is 2. The zero-order valence-electron chi connectivity index (χ0n) is 8.31. The van der Waals surface area contributed by atoms with E-state index in [0.717, 1.165) is 11.0 Å². The molecule has 78 valence electrons. The second kappa shape index (κ2) is 4.99. The van der Waals surface area contributed by atoms with Crippen molar-refractivity contribution in [3.8, 4) is 0 Å². The maximum Gasteiger partial charge on any atom is 0.190 e. The van der Waals surface area contributed by atoms with Gasteiger partial charge in [-0.1, -0.05) is 0 Å². The molecule has 14 heavy (non-hydrogen) atoms. The van der Waals surface area contributed by atoms with Crippen LogP contribution in [0.5, 0.6) is 0 Å². The molecular formula is C8H14BrN5. The molecule has 2 N–H and O–H groups in total. The number of hydrogen-bond donors (Lipinski definition) is 1. The van der Waals surface area contributed by atoms with Gasteiger partial charge in [0.15, 0.2) is 5.96 Å². The highest BCUT2D eigenvalue weighted by Gasteiger charge is 1.95. The Balaban J connectivity index is 2.38. The highest BCUT2D eigenvalue weighted by Crippen LogP contribution is 2.05. The minimum absolute atomic E-state index is 0.538. The first-order valence-corrected chi connectivity index (χ1v) is 5.04.